The van der Waals surface area contributed by atoms with E-state index in [1.165, 1.54) is 6.21 Å². The Hall–Kier alpha value is -2.56. The molecule has 1 aromatic carbocycles. The van der Waals surface area contributed by atoms with Gasteiger partial charge in [0.25, 0.3) is 5.91 Å². The fourth-order valence-corrected chi connectivity index (χ4v) is 1.91. The summed E-state index contributed by atoms with van der Waals surface area (Å²) in [6, 6.07) is 10.8. The first-order valence-electron chi connectivity index (χ1n) is 5.86. The molecule has 19 heavy (non-hydrogen) atoms. The van der Waals surface area contributed by atoms with Gasteiger partial charge in [-0.1, -0.05) is 23.4 Å². The van der Waals surface area contributed by atoms with Gasteiger partial charge in [0.1, 0.15) is 0 Å². The molecule has 0 bridgehead atoms. The summed E-state index contributed by atoms with van der Waals surface area (Å²) in [5, 5.41) is 11.6. The molecule has 0 unspecified atom stereocenters. The summed E-state index contributed by atoms with van der Waals surface area (Å²) in [5.41, 5.74) is 5.82. The number of rotatable bonds is 3. The predicted molar refractivity (Wildman–Crippen MR) is 73.4 cm³/mol. The largest absolute Gasteiger partial charge is 0.411 e. The van der Waals surface area contributed by atoms with Crippen LogP contribution in [0.1, 0.15) is 27.3 Å². The second kappa shape index (κ2) is 5.39. The topological polar surface area (TPSA) is 66.6 Å². The Balaban J connectivity index is 2.27. The van der Waals surface area contributed by atoms with Gasteiger partial charge in [-0.25, -0.2) is 0 Å². The molecule has 0 aliphatic carbocycles. The minimum absolute atomic E-state index is 0.185. The average molecular weight is 257 g/mol. The molecule has 5 nitrogen and oxygen atoms in total. The fraction of sp³-hybridized carbons (Fsp3) is 0.143. The van der Waals surface area contributed by atoms with Crippen LogP contribution in [0, 0.1) is 13.8 Å². The fourth-order valence-electron chi connectivity index (χ4n) is 1.91. The van der Waals surface area contributed by atoms with Gasteiger partial charge < -0.3 is 5.21 Å². The first-order chi connectivity index (χ1) is 9.13. The third-order valence-electron chi connectivity index (χ3n) is 2.92. The monoisotopic (exact) mass is 257 g/mol. The lowest BCUT2D eigenvalue weighted by Gasteiger charge is -2.11. The minimum Gasteiger partial charge on any atom is -0.411 e. The second-order valence-corrected chi connectivity index (χ2v) is 4.21. The smallest absolute Gasteiger partial charge is 0.270 e. The average Bonchev–Trinajstić information content (AvgIpc) is 2.68. The Morgan fingerprint density at radius 1 is 1.32 bits per heavy atom. The summed E-state index contributed by atoms with van der Waals surface area (Å²) in [7, 11) is 0. The van der Waals surface area contributed by atoms with Crippen molar-refractivity contribution < 1.29 is 10.0 Å². The molecule has 0 aliphatic heterocycles. The van der Waals surface area contributed by atoms with Crippen LogP contribution in [0.25, 0.3) is 0 Å². The molecule has 1 heterocycles. The summed E-state index contributed by atoms with van der Waals surface area (Å²) in [6.45, 7) is 3.71. The van der Waals surface area contributed by atoms with Crippen LogP contribution < -0.4 is 5.43 Å². The lowest BCUT2D eigenvalue weighted by atomic mass is 10.2. The van der Waals surface area contributed by atoms with Gasteiger partial charge in [0.15, 0.2) is 0 Å². The van der Waals surface area contributed by atoms with E-state index in [0.29, 0.717) is 5.56 Å². The van der Waals surface area contributed by atoms with Crippen molar-refractivity contribution in [3.05, 3.63) is 58.9 Å². The number of carbonyl (C=O) groups excluding carboxylic acids is 1. The number of aryl methyl sites for hydroxylation is 1. The van der Waals surface area contributed by atoms with E-state index in [1.807, 2.05) is 38.1 Å². The first kappa shape index (κ1) is 12.9. The van der Waals surface area contributed by atoms with Crippen molar-refractivity contribution in [2.45, 2.75) is 13.8 Å². The van der Waals surface area contributed by atoms with Crippen LogP contribution in [0.3, 0.4) is 0 Å². The van der Waals surface area contributed by atoms with E-state index in [2.05, 4.69) is 10.6 Å². The number of amides is 1. The number of hydrogen-bond acceptors (Lipinski definition) is 3. The van der Waals surface area contributed by atoms with Gasteiger partial charge in [0.2, 0.25) is 0 Å². The molecule has 1 amide bonds. The number of carbonyl (C=O) groups is 1. The van der Waals surface area contributed by atoms with Crippen molar-refractivity contribution >= 4 is 12.1 Å². The van der Waals surface area contributed by atoms with Crippen molar-refractivity contribution in [2.75, 3.05) is 5.43 Å². The number of oxime groups is 1. The molecule has 98 valence electrons. The van der Waals surface area contributed by atoms with Crippen molar-refractivity contribution in [1.29, 1.82) is 0 Å². The third kappa shape index (κ3) is 2.65. The van der Waals surface area contributed by atoms with E-state index >= 15 is 0 Å². The van der Waals surface area contributed by atoms with Gasteiger partial charge in [0.05, 0.1) is 6.21 Å². The van der Waals surface area contributed by atoms with E-state index in [1.54, 1.807) is 16.8 Å². The van der Waals surface area contributed by atoms with E-state index in [4.69, 9.17) is 5.21 Å². The highest BCUT2D eigenvalue weighted by atomic mass is 16.4. The van der Waals surface area contributed by atoms with Gasteiger partial charge in [0, 0.05) is 22.5 Å². The van der Waals surface area contributed by atoms with Crippen molar-refractivity contribution in [1.82, 2.24) is 4.68 Å². The summed E-state index contributed by atoms with van der Waals surface area (Å²) in [5.74, 6) is -0.185. The van der Waals surface area contributed by atoms with Crippen molar-refractivity contribution in [3.8, 4) is 0 Å². The number of nitrogens with zero attached hydrogens (tertiary/aromatic N) is 2. The van der Waals surface area contributed by atoms with Crippen molar-refractivity contribution in [2.24, 2.45) is 5.16 Å². The van der Waals surface area contributed by atoms with Crippen LogP contribution in [0.15, 0.2) is 41.6 Å². The molecule has 0 aliphatic rings. The summed E-state index contributed by atoms with van der Waals surface area (Å²) < 4.78 is 1.67. The number of nitrogens with one attached hydrogen (secondary N) is 1. The van der Waals surface area contributed by atoms with Gasteiger partial charge in [-0.05, 0) is 32.0 Å². The molecule has 2 N–H and O–H groups in total. The highest BCUT2D eigenvalue weighted by molar-refractivity contribution is 6.00. The molecule has 0 fully saturated rings. The molecule has 5 heteroatoms. The zero-order valence-electron chi connectivity index (χ0n) is 10.8. The maximum Gasteiger partial charge on any atom is 0.270 e. The lowest BCUT2D eigenvalue weighted by molar-refractivity contribution is 0.101. The maximum absolute atomic E-state index is 12.1. The zero-order valence-corrected chi connectivity index (χ0v) is 10.8. The second-order valence-electron chi connectivity index (χ2n) is 4.21. The SMILES string of the molecule is Cc1cc(C=NO)c(C)n1NC(=O)c1ccccc1. The Bertz CT molecular complexity index is 615. The van der Waals surface area contributed by atoms with E-state index in [-0.39, 0.29) is 5.91 Å². The first-order valence-corrected chi connectivity index (χ1v) is 5.86. The van der Waals surface area contributed by atoms with Crippen LogP contribution in [0.2, 0.25) is 0 Å². The van der Waals surface area contributed by atoms with E-state index in [0.717, 1.165) is 17.0 Å². The Morgan fingerprint density at radius 2 is 2.00 bits per heavy atom. The van der Waals surface area contributed by atoms with Crippen LogP contribution in [-0.4, -0.2) is 22.0 Å². The summed E-state index contributed by atoms with van der Waals surface area (Å²) in [4.78, 5) is 12.1. The Morgan fingerprint density at radius 3 is 2.63 bits per heavy atom. The molecule has 2 rings (SSSR count). The molecular formula is C14H15N3O2. The Kier molecular flexibility index (Phi) is 3.66. The summed E-state index contributed by atoms with van der Waals surface area (Å²) >= 11 is 0. The molecule has 2 aromatic rings. The standard InChI is InChI=1S/C14H15N3O2/c1-10-8-13(9-15-19)11(2)17(10)16-14(18)12-6-4-3-5-7-12/h3-9,19H,1-2H3,(H,16,18). The van der Waals surface area contributed by atoms with E-state index < -0.39 is 0 Å². The van der Waals surface area contributed by atoms with Crippen LogP contribution in [-0.2, 0) is 0 Å². The normalized spacial score (nSPS) is 10.8. The van der Waals surface area contributed by atoms with Crippen LogP contribution in [0.5, 0.6) is 0 Å². The third-order valence-corrected chi connectivity index (χ3v) is 2.92. The molecule has 0 saturated carbocycles. The molecule has 0 saturated heterocycles. The molecule has 0 radical (unpaired) electrons. The summed E-state index contributed by atoms with van der Waals surface area (Å²) in [6.07, 6.45) is 1.34. The molecule has 1 aromatic heterocycles. The van der Waals surface area contributed by atoms with Gasteiger partial charge in [-0.2, -0.15) is 0 Å². The van der Waals surface area contributed by atoms with Gasteiger partial charge in [-0.3, -0.25) is 14.9 Å². The minimum atomic E-state index is -0.185. The van der Waals surface area contributed by atoms with Gasteiger partial charge >= 0.3 is 0 Å². The number of hydrogen-bond donors (Lipinski definition) is 2. The van der Waals surface area contributed by atoms with Crippen molar-refractivity contribution in [3.63, 3.8) is 0 Å². The zero-order chi connectivity index (χ0) is 13.8. The maximum atomic E-state index is 12.1. The Labute approximate surface area is 111 Å². The number of aromatic nitrogens is 1. The highest BCUT2D eigenvalue weighted by Gasteiger charge is 2.11. The molecule has 0 spiro atoms. The van der Waals surface area contributed by atoms with Crippen LogP contribution in [0.4, 0.5) is 0 Å². The predicted octanol–water partition coefficient (Wildman–Crippen LogP) is 2.30. The molecule has 0 atom stereocenters. The quantitative estimate of drug-likeness (QED) is 0.503. The highest BCUT2D eigenvalue weighted by Crippen LogP contribution is 2.12. The van der Waals surface area contributed by atoms with Crippen LogP contribution >= 0.6 is 0 Å². The van der Waals surface area contributed by atoms with E-state index in [9.17, 15) is 4.79 Å². The molecular weight excluding hydrogens is 242 g/mol. The number of benzene rings is 1. The lowest BCUT2D eigenvalue weighted by Crippen LogP contribution is -2.24. The van der Waals surface area contributed by atoms with Gasteiger partial charge in [-0.15, -0.1) is 0 Å².